The molecule has 0 aliphatic heterocycles. The predicted molar refractivity (Wildman–Crippen MR) is 80.1 cm³/mol. The highest BCUT2D eigenvalue weighted by Gasteiger charge is 2.29. The molecule has 1 aromatic rings. The Morgan fingerprint density at radius 2 is 1.62 bits per heavy atom. The van der Waals surface area contributed by atoms with Gasteiger partial charge in [-0.15, -0.1) is 0 Å². The first kappa shape index (κ1) is 16.1. The van der Waals surface area contributed by atoms with E-state index in [0.29, 0.717) is 0 Å². The molecule has 1 aliphatic carbocycles. The summed E-state index contributed by atoms with van der Waals surface area (Å²) in [6.07, 6.45) is 3.15. The largest absolute Gasteiger partial charge is 0.495 e. The predicted octanol–water partition coefficient (Wildman–Crippen LogP) is 1.25. The van der Waals surface area contributed by atoms with Gasteiger partial charge in [0.15, 0.2) is 4.90 Å². The van der Waals surface area contributed by atoms with Gasteiger partial charge in [-0.25, -0.2) is 13.1 Å². The van der Waals surface area contributed by atoms with E-state index in [0.717, 1.165) is 25.7 Å². The van der Waals surface area contributed by atoms with Crippen molar-refractivity contribution < 1.29 is 17.9 Å². The van der Waals surface area contributed by atoms with Crippen LogP contribution in [0.3, 0.4) is 0 Å². The van der Waals surface area contributed by atoms with Crippen LogP contribution in [0.2, 0.25) is 0 Å². The first-order chi connectivity index (χ1) is 9.97. The molecule has 2 rings (SSSR count). The maximum absolute atomic E-state index is 12.6. The molecule has 1 aromatic carbocycles. The molecule has 6 nitrogen and oxygen atoms in total. The third kappa shape index (κ3) is 3.66. The Morgan fingerprint density at radius 3 is 2.10 bits per heavy atom. The molecule has 3 N–H and O–H groups in total. The summed E-state index contributed by atoms with van der Waals surface area (Å²) in [5, 5.41) is 0. The summed E-state index contributed by atoms with van der Waals surface area (Å²) < 4.78 is 38.3. The Labute approximate surface area is 125 Å². The third-order valence-corrected chi connectivity index (χ3v) is 5.33. The first-order valence-corrected chi connectivity index (χ1v) is 8.45. The quantitative estimate of drug-likeness (QED) is 0.853. The lowest BCUT2D eigenvalue weighted by Gasteiger charge is -2.27. The molecule has 0 spiro atoms. The first-order valence-electron chi connectivity index (χ1n) is 6.97. The Balaban J connectivity index is 2.27. The number of nitrogens with two attached hydrogens (primary N) is 1. The highest BCUT2D eigenvalue weighted by atomic mass is 32.2. The molecule has 0 radical (unpaired) electrons. The van der Waals surface area contributed by atoms with Crippen LogP contribution in [0, 0.1) is 0 Å². The van der Waals surface area contributed by atoms with Crippen LogP contribution < -0.4 is 19.9 Å². The zero-order chi connectivity index (χ0) is 15.5. The van der Waals surface area contributed by atoms with Gasteiger partial charge in [0.25, 0.3) is 0 Å². The van der Waals surface area contributed by atoms with Crippen LogP contribution in [0.5, 0.6) is 11.5 Å². The molecule has 0 heterocycles. The van der Waals surface area contributed by atoms with E-state index in [1.54, 1.807) is 18.2 Å². The molecule has 118 valence electrons. The smallest absolute Gasteiger partial charge is 0.248 e. The maximum Gasteiger partial charge on any atom is 0.248 e. The van der Waals surface area contributed by atoms with Gasteiger partial charge >= 0.3 is 0 Å². The summed E-state index contributed by atoms with van der Waals surface area (Å²) in [5.41, 5.74) is 5.85. The summed E-state index contributed by atoms with van der Waals surface area (Å²) in [6.45, 7) is 0. The van der Waals surface area contributed by atoms with Gasteiger partial charge in [0.2, 0.25) is 10.0 Å². The van der Waals surface area contributed by atoms with Gasteiger partial charge in [0.1, 0.15) is 11.5 Å². The van der Waals surface area contributed by atoms with Crippen molar-refractivity contribution in [3.05, 3.63) is 18.2 Å². The van der Waals surface area contributed by atoms with Crippen molar-refractivity contribution in [2.75, 3.05) is 14.2 Å². The van der Waals surface area contributed by atoms with Crippen LogP contribution in [-0.2, 0) is 10.0 Å². The summed E-state index contributed by atoms with van der Waals surface area (Å²) in [7, 11) is -0.828. The van der Waals surface area contributed by atoms with Gasteiger partial charge in [0, 0.05) is 12.1 Å². The zero-order valence-corrected chi connectivity index (χ0v) is 13.2. The fraction of sp³-hybridized carbons (Fsp3) is 0.571. The van der Waals surface area contributed by atoms with Crippen molar-refractivity contribution in [2.45, 2.75) is 42.7 Å². The monoisotopic (exact) mass is 314 g/mol. The van der Waals surface area contributed by atoms with E-state index in [2.05, 4.69) is 4.72 Å². The van der Waals surface area contributed by atoms with E-state index < -0.39 is 10.0 Å². The van der Waals surface area contributed by atoms with E-state index in [4.69, 9.17) is 15.2 Å². The molecule has 7 heteroatoms. The van der Waals surface area contributed by atoms with Crippen LogP contribution >= 0.6 is 0 Å². The highest BCUT2D eigenvalue weighted by Crippen LogP contribution is 2.33. The molecule has 0 aromatic heterocycles. The fourth-order valence-corrected chi connectivity index (χ4v) is 4.22. The summed E-state index contributed by atoms with van der Waals surface area (Å²) >= 11 is 0. The third-order valence-electron chi connectivity index (χ3n) is 3.74. The molecule has 1 aliphatic rings. The van der Waals surface area contributed by atoms with Gasteiger partial charge < -0.3 is 15.2 Å². The van der Waals surface area contributed by atoms with E-state index in [9.17, 15) is 8.42 Å². The van der Waals surface area contributed by atoms with Gasteiger partial charge in [-0.05, 0) is 37.8 Å². The topological polar surface area (TPSA) is 90.6 Å². The Bertz CT molecular complexity index is 558. The summed E-state index contributed by atoms with van der Waals surface area (Å²) in [4.78, 5) is 0.0462. The lowest BCUT2D eigenvalue weighted by molar-refractivity contribution is 0.363. The molecule has 0 atom stereocenters. The van der Waals surface area contributed by atoms with Crippen molar-refractivity contribution in [1.29, 1.82) is 0 Å². The van der Waals surface area contributed by atoms with Crippen molar-refractivity contribution in [1.82, 2.24) is 4.72 Å². The number of benzene rings is 1. The van der Waals surface area contributed by atoms with Crippen molar-refractivity contribution in [3.8, 4) is 11.5 Å². The summed E-state index contributed by atoms with van der Waals surface area (Å²) in [6, 6.07) is 4.98. The van der Waals surface area contributed by atoms with Crippen molar-refractivity contribution >= 4 is 10.0 Å². The van der Waals surface area contributed by atoms with E-state index >= 15 is 0 Å². The molecule has 0 amide bonds. The average Bonchev–Trinajstić information content (AvgIpc) is 2.48. The van der Waals surface area contributed by atoms with E-state index in [1.807, 2.05) is 0 Å². The second-order valence-corrected chi connectivity index (χ2v) is 6.88. The number of rotatable bonds is 5. The van der Waals surface area contributed by atoms with Crippen LogP contribution in [-0.4, -0.2) is 34.7 Å². The number of methoxy groups -OCH3 is 2. The van der Waals surface area contributed by atoms with Gasteiger partial charge in [-0.2, -0.15) is 0 Å². The second kappa shape index (κ2) is 6.64. The van der Waals surface area contributed by atoms with Crippen LogP contribution in [0.1, 0.15) is 25.7 Å². The second-order valence-electron chi connectivity index (χ2n) is 5.22. The van der Waals surface area contributed by atoms with Gasteiger partial charge in [0.05, 0.1) is 14.2 Å². The lowest BCUT2D eigenvalue weighted by Crippen LogP contribution is -2.40. The number of hydrogen-bond donors (Lipinski definition) is 2. The van der Waals surface area contributed by atoms with Gasteiger partial charge in [-0.1, -0.05) is 6.07 Å². The van der Waals surface area contributed by atoms with Crippen LogP contribution in [0.15, 0.2) is 23.1 Å². The minimum atomic E-state index is -3.70. The highest BCUT2D eigenvalue weighted by molar-refractivity contribution is 7.89. The lowest BCUT2D eigenvalue weighted by atomic mass is 9.93. The average molecular weight is 314 g/mol. The Kier molecular flexibility index (Phi) is 5.08. The van der Waals surface area contributed by atoms with E-state index in [-0.39, 0.29) is 28.5 Å². The number of sulfonamides is 1. The Hall–Kier alpha value is -1.31. The number of nitrogens with one attached hydrogen (secondary N) is 1. The number of hydrogen-bond acceptors (Lipinski definition) is 5. The van der Waals surface area contributed by atoms with Crippen molar-refractivity contribution in [3.63, 3.8) is 0 Å². The molecule has 0 bridgehead atoms. The minimum absolute atomic E-state index is 0.0462. The normalized spacial score (nSPS) is 22.8. The van der Waals surface area contributed by atoms with E-state index in [1.165, 1.54) is 14.2 Å². The zero-order valence-electron chi connectivity index (χ0n) is 12.3. The fourth-order valence-electron chi connectivity index (χ4n) is 2.60. The van der Waals surface area contributed by atoms with Crippen LogP contribution in [0.4, 0.5) is 0 Å². The molecule has 0 saturated heterocycles. The van der Waals surface area contributed by atoms with Crippen molar-refractivity contribution in [2.24, 2.45) is 5.73 Å². The van der Waals surface area contributed by atoms with Crippen LogP contribution in [0.25, 0.3) is 0 Å². The SMILES string of the molecule is COc1cccc(OC)c1S(=O)(=O)NC1CCC(N)CC1. The molecular weight excluding hydrogens is 292 g/mol. The standard InChI is InChI=1S/C14H22N2O4S/c1-19-12-4-3-5-13(20-2)14(12)21(17,18)16-11-8-6-10(15)7-9-11/h3-5,10-11,16H,6-9,15H2,1-2H3. The molecular formula is C14H22N2O4S. The molecule has 1 saturated carbocycles. The molecule has 21 heavy (non-hydrogen) atoms. The number of ether oxygens (including phenoxy) is 2. The minimum Gasteiger partial charge on any atom is -0.495 e. The molecule has 1 fully saturated rings. The van der Waals surface area contributed by atoms with Gasteiger partial charge in [-0.3, -0.25) is 0 Å². The molecule has 0 unspecified atom stereocenters. The maximum atomic E-state index is 12.6. The Morgan fingerprint density at radius 1 is 1.10 bits per heavy atom. The summed E-state index contributed by atoms with van der Waals surface area (Å²) in [5.74, 6) is 0.545.